The van der Waals surface area contributed by atoms with Crippen molar-refractivity contribution in [2.45, 2.75) is 18.7 Å². The van der Waals surface area contributed by atoms with Crippen LogP contribution in [0.4, 0.5) is 0 Å². The van der Waals surface area contributed by atoms with Crippen LogP contribution in [-0.4, -0.2) is 40.7 Å². The first-order valence-electron chi connectivity index (χ1n) is 4.14. The molecule has 0 spiro atoms. The van der Waals surface area contributed by atoms with E-state index in [0.29, 0.717) is 6.54 Å². The fourth-order valence-corrected chi connectivity index (χ4v) is 1.04. The monoisotopic (exact) mass is 221 g/mol. The van der Waals surface area contributed by atoms with Crippen molar-refractivity contribution in [1.29, 1.82) is 0 Å². The second-order valence-electron chi connectivity index (χ2n) is 2.91. The molecule has 0 bridgehead atoms. The molecule has 14 heavy (non-hydrogen) atoms. The van der Waals surface area contributed by atoms with E-state index >= 15 is 0 Å². The third-order valence-corrected chi connectivity index (χ3v) is 1.79. The lowest BCUT2D eigenvalue weighted by molar-refractivity contribution is 0.0434. The highest BCUT2D eigenvalue weighted by molar-refractivity contribution is 5.85. The van der Waals surface area contributed by atoms with Gasteiger partial charge in [-0.15, -0.1) is 12.4 Å². The molecule has 1 rings (SSSR count). The fraction of sp³-hybridized carbons (Fsp3) is 0.625. The van der Waals surface area contributed by atoms with Crippen molar-refractivity contribution in [3.63, 3.8) is 0 Å². The number of methoxy groups -OCH3 is 1. The lowest BCUT2D eigenvalue weighted by Crippen LogP contribution is -2.41. The molecule has 0 aliphatic heterocycles. The van der Waals surface area contributed by atoms with Crippen molar-refractivity contribution >= 4 is 12.4 Å². The Morgan fingerprint density at radius 1 is 1.64 bits per heavy atom. The zero-order chi connectivity index (χ0) is 9.68. The predicted octanol–water partition coefficient (Wildman–Crippen LogP) is -0.360. The maximum atomic E-state index is 9.43. The van der Waals surface area contributed by atoms with E-state index in [2.05, 4.69) is 5.10 Å². The van der Waals surface area contributed by atoms with Gasteiger partial charge in [0, 0.05) is 19.5 Å². The highest BCUT2D eigenvalue weighted by atomic mass is 35.5. The summed E-state index contributed by atoms with van der Waals surface area (Å²) in [5.41, 5.74) is 5.70. The van der Waals surface area contributed by atoms with Crippen LogP contribution in [0.2, 0.25) is 0 Å². The summed E-state index contributed by atoms with van der Waals surface area (Å²) in [6.45, 7) is 0.750. The van der Waals surface area contributed by atoms with Gasteiger partial charge in [0.25, 0.3) is 0 Å². The standard InChI is InChI=1S/C8H15N3O2.ClH/c1-13-6-8(12)7(9)5-11-4-2-3-10-11;/h2-4,7-8,12H,5-6,9H2,1H3;1H/t7-,8+;/m1./s1. The van der Waals surface area contributed by atoms with E-state index in [0.717, 1.165) is 0 Å². The molecule has 5 nitrogen and oxygen atoms in total. The van der Waals surface area contributed by atoms with Crippen LogP contribution in [-0.2, 0) is 11.3 Å². The Morgan fingerprint density at radius 2 is 2.36 bits per heavy atom. The van der Waals surface area contributed by atoms with Gasteiger partial charge in [0.1, 0.15) is 0 Å². The Bertz CT molecular complexity index is 231. The minimum absolute atomic E-state index is 0. The van der Waals surface area contributed by atoms with Gasteiger partial charge in [-0.1, -0.05) is 0 Å². The van der Waals surface area contributed by atoms with Crippen molar-refractivity contribution in [3.05, 3.63) is 18.5 Å². The second-order valence-corrected chi connectivity index (χ2v) is 2.91. The molecule has 0 amide bonds. The van der Waals surface area contributed by atoms with Crippen LogP contribution in [0.5, 0.6) is 0 Å². The summed E-state index contributed by atoms with van der Waals surface area (Å²) in [4.78, 5) is 0. The number of aliphatic hydroxyl groups excluding tert-OH is 1. The molecule has 1 aromatic rings. The van der Waals surface area contributed by atoms with Crippen molar-refractivity contribution in [2.24, 2.45) is 5.73 Å². The van der Waals surface area contributed by atoms with Gasteiger partial charge in [0.15, 0.2) is 0 Å². The van der Waals surface area contributed by atoms with Gasteiger partial charge in [-0.2, -0.15) is 5.10 Å². The summed E-state index contributed by atoms with van der Waals surface area (Å²) in [7, 11) is 1.53. The molecule has 0 aliphatic carbocycles. The van der Waals surface area contributed by atoms with E-state index < -0.39 is 6.10 Å². The smallest absolute Gasteiger partial charge is 0.0942 e. The number of aromatic nitrogens is 2. The van der Waals surface area contributed by atoms with Crippen LogP contribution in [0, 0.1) is 0 Å². The summed E-state index contributed by atoms with van der Waals surface area (Å²) in [6, 6.07) is 1.47. The van der Waals surface area contributed by atoms with Gasteiger partial charge in [-0.05, 0) is 6.07 Å². The maximum absolute atomic E-state index is 9.43. The third kappa shape index (κ3) is 4.06. The molecular weight excluding hydrogens is 206 g/mol. The predicted molar refractivity (Wildman–Crippen MR) is 55.3 cm³/mol. The Hall–Kier alpha value is -0.620. The van der Waals surface area contributed by atoms with Gasteiger partial charge in [-0.3, -0.25) is 4.68 Å². The zero-order valence-corrected chi connectivity index (χ0v) is 8.85. The molecule has 0 radical (unpaired) electrons. The Labute approximate surface area is 89.3 Å². The molecule has 0 fully saturated rings. The molecule has 2 atom stereocenters. The molecule has 6 heteroatoms. The minimum Gasteiger partial charge on any atom is -0.389 e. The van der Waals surface area contributed by atoms with Gasteiger partial charge < -0.3 is 15.6 Å². The van der Waals surface area contributed by atoms with Crippen LogP contribution in [0.1, 0.15) is 0 Å². The van der Waals surface area contributed by atoms with E-state index in [9.17, 15) is 5.11 Å². The number of hydrogen-bond donors (Lipinski definition) is 2. The molecule has 1 aromatic heterocycles. The summed E-state index contributed by atoms with van der Waals surface area (Å²) in [5, 5.41) is 13.4. The largest absolute Gasteiger partial charge is 0.389 e. The van der Waals surface area contributed by atoms with Crippen LogP contribution < -0.4 is 5.73 Å². The summed E-state index contributed by atoms with van der Waals surface area (Å²) in [5.74, 6) is 0. The number of hydrogen-bond acceptors (Lipinski definition) is 4. The van der Waals surface area contributed by atoms with Crippen molar-refractivity contribution in [3.8, 4) is 0 Å². The first-order chi connectivity index (χ1) is 6.24. The number of ether oxygens (including phenoxy) is 1. The van der Waals surface area contributed by atoms with Crippen molar-refractivity contribution < 1.29 is 9.84 Å². The van der Waals surface area contributed by atoms with Crippen LogP contribution in [0.25, 0.3) is 0 Å². The SMILES string of the molecule is COC[C@H](O)[C@H](N)Cn1cccn1.Cl. The average molecular weight is 222 g/mol. The molecule has 0 unspecified atom stereocenters. The summed E-state index contributed by atoms with van der Waals surface area (Å²) in [6.07, 6.45) is 2.84. The number of halogens is 1. The van der Waals surface area contributed by atoms with E-state index in [4.69, 9.17) is 10.5 Å². The Morgan fingerprint density at radius 3 is 2.86 bits per heavy atom. The molecule has 82 valence electrons. The van der Waals surface area contributed by atoms with Gasteiger partial charge >= 0.3 is 0 Å². The van der Waals surface area contributed by atoms with E-state index in [1.807, 2.05) is 6.07 Å². The van der Waals surface area contributed by atoms with E-state index in [1.165, 1.54) is 7.11 Å². The zero-order valence-electron chi connectivity index (χ0n) is 8.04. The van der Waals surface area contributed by atoms with Crippen LogP contribution in [0.3, 0.4) is 0 Å². The summed E-state index contributed by atoms with van der Waals surface area (Å²) < 4.78 is 6.47. The van der Waals surface area contributed by atoms with Crippen LogP contribution >= 0.6 is 12.4 Å². The fourth-order valence-electron chi connectivity index (χ4n) is 1.04. The van der Waals surface area contributed by atoms with Crippen molar-refractivity contribution in [2.75, 3.05) is 13.7 Å². The maximum Gasteiger partial charge on any atom is 0.0942 e. The molecule has 3 N–H and O–H groups in total. The van der Waals surface area contributed by atoms with Gasteiger partial charge in [-0.25, -0.2) is 0 Å². The molecule has 0 saturated carbocycles. The minimum atomic E-state index is -0.644. The molecule has 0 saturated heterocycles. The third-order valence-electron chi connectivity index (χ3n) is 1.79. The Kier molecular flexibility index (Phi) is 6.48. The second kappa shape index (κ2) is 6.78. The van der Waals surface area contributed by atoms with Crippen LogP contribution in [0.15, 0.2) is 18.5 Å². The molecule has 1 heterocycles. The number of aliphatic hydroxyl groups is 1. The highest BCUT2D eigenvalue weighted by Gasteiger charge is 2.14. The normalized spacial score (nSPS) is 14.5. The number of rotatable bonds is 5. The Balaban J connectivity index is 0.00000169. The number of nitrogens with two attached hydrogens (primary N) is 1. The van der Waals surface area contributed by atoms with E-state index in [-0.39, 0.29) is 25.1 Å². The number of nitrogens with zero attached hydrogens (tertiary/aromatic N) is 2. The van der Waals surface area contributed by atoms with Gasteiger partial charge in [0.05, 0.1) is 25.3 Å². The first-order valence-corrected chi connectivity index (χ1v) is 4.14. The van der Waals surface area contributed by atoms with Crippen molar-refractivity contribution in [1.82, 2.24) is 9.78 Å². The first kappa shape index (κ1) is 13.4. The average Bonchev–Trinajstić information content (AvgIpc) is 2.57. The quantitative estimate of drug-likeness (QED) is 0.712. The van der Waals surface area contributed by atoms with Gasteiger partial charge in [0.2, 0.25) is 0 Å². The molecular formula is C8H16ClN3O2. The topological polar surface area (TPSA) is 73.3 Å². The lowest BCUT2D eigenvalue weighted by atomic mass is 10.2. The van der Waals surface area contributed by atoms with E-state index in [1.54, 1.807) is 17.1 Å². The highest BCUT2D eigenvalue weighted by Crippen LogP contribution is 1.95. The molecule has 0 aromatic carbocycles. The molecule has 0 aliphatic rings. The summed E-state index contributed by atoms with van der Waals surface area (Å²) >= 11 is 0. The lowest BCUT2D eigenvalue weighted by Gasteiger charge is -2.17.